The van der Waals surface area contributed by atoms with Gasteiger partial charge in [-0.15, -0.1) is 0 Å². The summed E-state index contributed by atoms with van der Waals surface area (Å²) in [6, 6.07) is 5.03. The van der Waals surface area contributed by atoms with E-state index in [1.165, 1.54) is 11.8 Å². The van der Waals surface area contributed by atoms with E-state index in [-0.39, 0.29) is 18.9 Å². The second kappa shape index (κ2) is 7.62. The van der Waals surface area contributed by atoms with Gasteiger partial charge in [0.05, 0.1) is 11.5 Å². The van der Waals surface area contributed by atoms with Crippen LogP contribution in [0.1, 0.15) is 18.4 Å². The third-order valence-corrected chi connectivity index (χ3v) is 4.09. The second-order valence-corrected chi connectivity index (χ2v) is 6.54. The van der Waals surface area contributed by atoms with Crippen LogP contribution in [0.15, 0.2) is 23.1 Å². The van der Waals surface area contributed by atoms with Gasteiger partial charge in [-0.05, 0) is 30.7 Å². The van der Waals surface area contributed by atoms with Crippen LogP contribution < -0.4 is 10.1 Å². The minimum absolute atomic E-state index is 0.0382. The number of amides is 1. The molecule has 0 bridgehead atoms. The Morgan fingerprint density at radius 1 is 1.50 bits per heavy atom. The predicted octanol–water partition coefficient (Wildman–Crippen LogP) is 3.07. The SMILES string of the molecule is O=C(O)CCCOc1ccc(Cl)cc1C=C1SC(=S)NC1=O. The molecule has 1 fully saturated rings. The number of rotatable bonds is 6. The zero-order chi connectivity index (χ0) is 16.1. The fourth-order valence-electron chi connectivity index (χ4n) is 1.73. The first kappa shape index (κ1) is 16.8. The molecule has 0 radical (unpaired) electrons. The summed E-state index contributed by atoms with van der Waals surface area (Å²) in [5, 5.41) is 11.6. The molecule has 1 aromatic rings. The van der Waals surface area contributed by atoms with Gasteiger partial charge in [-0.1, -0.05) is 35.6 Å². The quantitative estimate of drug-likeness (QED) is 0.463. The Bertz CT molecular complexity index is 660. The Morgan fingerprint density at radius 2 is 2.27 bits per heavy atom. The molecule has 0 spiro atoms. The monoisotopic (exact) mass is 357 g/mol. The lowest BCUT2D eigenvalue weighted by atomic mass is 10.2. The van der Waals surface area contributed by atoms with E-state index in [0.29, 0.717) is 32.0 Å². The maximum Gasteiger partial charge on any atom is 0.303 e. The van der Waals surface area contributed by atoms with Crippen molar-refractivity contribution in [1.82, 2.24) is 5.32 Å². The van der Waals surface area contributed by atoms with Crippen molar-refractivity contribution in [2.45, 2.75) is 12.8 Å². The number of hydrogen-bond acceptors (Lipinski definition) is 5. The smallest absolute Gasteiger partial charge is 0.303 e. The minimum atomic E-state index is -0.866. The number of thiocarbonyl (C=S) groups is 1. The van der Waals surface area contributed by atoms with Gasteiger partial charge in [0.15, 0.2) is 0 Å². The largest absolute Gasteiger partial charge is 0.493 e. The summed E-state index contributed by atoms with van der Waals surface area (Å²) in [7, 11) is 0. The topological polar surface area (TPSA) is 75.6 Å². The van der Waals surface area contributed by atoms with Crippen LogP contribution in [0.4, 0.5) is 0 Å². The first-order valence-corrected chi connectivity index (χ1v) is 7.95. The fraction of sp³-hybridized carbons (Fsp3) is 0.214. The van der Waals surface area contributed by atoms with Gasteiger partial charge in [-0.3, -0.25) is 9.59 Å². The summed E-state index contributed by atoms with van der Waals surface area (Å²) in [6.45, 7) is 0.266. The molecule has 0 aromatic heterocycles. The molecule has 116 valence electrons. The van der Waals surface area contributed by atoms with E-state index in [4.69, 9.17) is 33.7 Å². The molecular formula is C14H12ClNO4S2. The Labute approximate surface area is 141 Å². The number of aliphatic carboxylic acids is 1. The molecule has 0 atom stereocenters. The summed E-state index contributed by atoms with van der Waals surface area (Å²) in [4.78, 5) is 22.6. The highest BCUT2D eigenvalue weighted by atomic mass is 35.5. The number of nitrogens with one attached hydrogen (secondary N) is 1. The molecule has 0 saturated carbocycles. The van der Waals surface area contributed by atoms with E-state index in [9.17, 15) is 9.59 Å². The van der Waals surface area contributed by atoms with Crippen molar-refractivity contribution in [2.24, 2.45) is 0 Å². The van der Waals surface area contributed by atoms with Gasteiger partial charge in [0.2, 0.25) is 0 Å². The summed E-state index contributed by atoms with van der Waals surface area (Å²) in [5.41, 5.74) is 0.644. The second-order valence-electron chi connectivity index (χ2n) is 4.38. The van der Waals surface area contributed by atoms with Crippen molar-refractivity contribution in [3.05, 3.63) is 33.7 Å². The minimum Gasteiger partial charge on any atom is -0.493 e. The van der Waals surface area contributed by atoms with E-state index in [1.54, 1.807) is 24.3 Å². The number of thioether (sulfide) groups is 1. The van der Waals surface area contributed by atoms with Gasteiger partial charge >= 0.3 is 5.97 Å². The van der Waals surface area contributed by atoms with Gasteiger partial charge in [-0.2, -0.15) is 0 Å². The number of carbonyl (C=O) groups excluding carboxylic acids is 1. The standard InChI is InChI=1S/C14H12ClNO4S2/c15-9-3-4-10(20-5-1-2-12(17)18)8(6-9)7-11-13(19)16-14(21)22-11/h3-4,6-7H,1-2,5H2,(H,17,18)(H,16,19,21). The highest BCUT2D eigenvalue weighted by Gasteiger charge is 2.22. The van der Waals surface area contributed by atoms with Crippen molar-refractivity contribution in [2.75, 3.05) is 6.61 Å². The van der Waals surface area contributed by atoms with E-state index in [1.807, 2.05) is 0 Å². The average Bonchev–Trinajstić information content (AvgIpc) is 2.74. The first-order valence-electron chi connectivity index (χ1n) is 6.34. The van der Waals surface area contributed by atoms with Crippen LogP contribution in [0.2, 0.25) is 5.02 Å². The van der Waals surface area contributed by atoms with Crippen LogP contribution in [0.25, 0.3) is 6.08 Å². The Hall–Kier alpha value is -1.57. The van der Waals surface area contributed by atoms with Crippen LogP contribution in [0.5, 0.6) is 5.75 Å². The van der Waals surface area contributed by atoms with E-state index in [0.717, 1.165) is 0 Å². The van der Waals surface area contributed by atoms with E-state index in [2.05, 4.69) is 5.32 Å². The summed E-state index contributed by atoms with van der Waals surface area (Å²) in [6.07, 6.45) is 2.08. The maximum absolute atomic E-state index is 11.7. The number of benzene rings is 1. The number of hydrogen-bond donors (Lipinski definition) is 2. The van der Waals surface area contributed by atoms with Gasteiger partial charge in [0.25, 0.3) is 5.91 Å². The molecule has 1 aromatic carbocycles. The molecule has 5 nitrogen and oxygen atoms in total. The number of carboxylic acid groups (broad SMARTS) is 1. The predicted molar refractivity (Wildman–Crippen MR) is 90.1 cm³/mol. The Kier molecular flexibility index (Phi) is 5.82. The highest BCUT2D eigenvalue weighted by Crippen LogP contribution is 2.31. The Balaban J connectivity index is 2.14. The lowest BCUT2D eigenvalue weighted by Gasteiger charge is -2.09. The fourth-order valence-corrected chi connectivity index (χ4v) is 2.95. The lowest BCUT2D eigenvalue weighted by Crippen LogP contribution is -2.17. The van der Waals surface area contributed by atoms with Gasteiger partial charge in [0, 0.05) is 17.0 Å². The summed E-state index contributed by atoms with van der Waals surface area (Å²) >= 11 is 12.1. The molecule has 1 saturated heterocycles. The molecule has 2 rings (SSSR count). The number of carbonyl (C=O) groups is 2. The molecule has 0 aliphatic carbocycles. The molecule has 1 amide bonds. The summed E-state index contributed by atoms with van der Waals surface area (Å²) < 4.78 is 5.98. The molecule has 1 heterocycles. The van der Waals surface area contributed by atoms with Crippen LogP contribution in [-0.4, -0.2) is 27.9 Å². The molecule has 0 unspecified atom stereocenters. The highest BCUT2D eigenvalue weighted by molar-refractivity contribution is 8.26. The zero-order valence-electron chi connectivity index (χ0n) is 11.3. The van der Waals surface area contributed by atoms with Gasteiger partial charge < -0.3 is 15.2 Å². The molecule has 1 aliphatic heterocycles. The van der Waals surface area contributed by atoms with Crippen LogP contribution in [0.3, 0.4) is 0 Å². The Morgan fingerprint density at radius 3 is 2.91 bits per heavy atom. The van der Waals surface area contributed by atoms with Crippen molar-refractivity contribution in [3.63, 3.8) is 0 Å². The number of halogens is 1. The van der Waals surface area contributed by atoms with Crippen LogP contribution in [0, 0.1) is 0 Å². The van der Waals surface area contributed by atoms with E-state index >= 15 is 0 Å². The molecular weight excluding hydrogens is 346 g/mol. The van der Waals surface area contributed by atoms with Crippen molar-refractivity contribution < 1.29 is 19.4 Å². The average molecular weight is 358 g/mol. The van der Waals surface area contributed by atoms with Crippen molar-refractivity contribution in [1.29, 1.82) is 0 Å². The summed E-state index contributed by atoms with van der Waals surface area (Å²) in [5.74, 6) is -0.588. The molecule has 2 N–H and O–H groups in total. The first-order chi connectivity index (χ1) is 10.5. The number of ether oxygens (including phenoxy) is 1. The molecule has 1 aliphatic rings. The van der Waals surface area contributed by atoms with Crippen LogP contribution in [-0.2, 0) is 9.59 Å². The van der Waals surface area contributed by atoms with Crippen molar-refractivity contribution in [3.8, 4) is 5.75 Å². The van der Waals surface area contributed by atoms with Crippen LogP contribution >= 0.6 is 35.6 Å². The lowest BCUT2D eigenvalue weighted by molar-refractivity contribution is -0.137. The molecule has 8 heteroatoms. The normalized spacial score (nSPS) is 16.0. The molecule has 22 heavy (non-hydrogen) atoms. The maximum atomic E-state index is 11.7. The zero-order valence-corrected chi connectivity index (χ0v) is 13.7. The van der Waals surface area contributed by atoms with E-state index < -0.39 is 5.97 Å². The van der Waals surface area contributed by atoms with Gasteiger partial charge in [0.1, 0.15) is 10.1 Å². The third-order valence-electron chi connectivity index (χ3n) is 2.69. The third kappa shape index (κ3) is 4.72. The number of carboxylic acids is 1. The van der Waals surface area contributed by atoms with Gasteiger partial charge in [-0.25, -0.2) is 0 Å². The van der Waals surface area contributed by atoms with Crippen molar-refractivity contribution >= 4 is 57.9 Å².